The number of nitrogens with zero attached hydrogens (tertiary/aromatic N) is 2. The Bertz CT molecular complexity index is 517. The number of amides is 1. The Labute approximate surface area is 127 Å². The minimum Gasteiger partial charge on any atom is -0.371 e. The Kier molecular flexibility index (Phi) is 4.15. The Hall–Kier alpha value is -1.55. The van der Waals surface area contributed by atoms with Crippen LogP contribution in [0.1, 0.15) is 26.2 Å². The molecule has 21 heavy (non-hydrogen) atoms. The van der Waals surface area contributed by atoms with Crippen LogP contribution in [0.25, 0.3) is 0 Å². The summed E-state index contributed by atoms with van der Waals surface area (Å²) in [5.74, 6) is 0.927. The fourth-order valence-corrected chi connectivity index (χ4v) is 3.48. The van der Waals surface area contributed by atoms with Crippen LogP contribution < -0.4 is 15.1 Å². The van der Waals surface area contributed by atoms with Gasteiger partial charge in [0.15, 0.2) is 0 Å². The Balaban J connectivity index is 1.81. The molecule has 0 bridgehead atoms. The van der Waals surface area contributed by atoms with Crippen LogP contribution in [0.2, 0.25) is 0 Å². The SMILES string of the molecule is CCC1CCNC(C(=O)N2CCN(C)c3ccccc32)C1. The number of hydrogen-bond donors (Lipinski definition) is 1. The van der Waals surface area contributed by atoms with E-state index < -0.39 is 0 Å². The van der Waals surface area contributed by atoms with E-state index in [1.807, 2.05) is 17.0 Å². The summed E-state index contributed by atoms with van der Waals surface area (Å²) in [5.41, 5.74) is 2.21. The average Bonchev–Trinajstić information content (AvgIpc) is 2.55. The first-order valence-corrected chi connectivity index (χ1v) is 8.05. The van der Waals surface area contributed by atoms with Crippen LogP contribution in [-0.4, -0.2) is 38.6 Å². The summed E-state index contributed by atoms with van der Waals surface area (Å²) in [7, 11) is 2.09. The molecule has 2 aliphatic rings. The first-order valence-electron chi connectivity index (χ1n) is 8.05. The summed E-state index contributed by atoms with van der Waals surface area (Å²) in [6, 6.07) is 8.19. The zero-order valence-electron chi connectivity index (χ0n) is 13.0. The van der Waals surface area contributed by atoms with E-state index >= 15 is 0 Å². The summed E-state index contributed by atoms with van der Waals surface area (Å²) in [6.45, 7) is 4.86. The maximum Gasteiger partial charge on any atom is 0.244 e. The van der Waals surface area contributed by atoms with E-state index in [9.17, 15) is 4.79 Å². The molecule has 4 heteroatoms. The number of anilines is 2. The number of carbonyl (C=O) groups is 1. The van der Waals surface area contributed by atoms with Gasteiger partial charge in [-0.15, -0.1) is 0 Å². The number of carbonyl (C=O) groups excluding carboxylic acids is 1. The lowest BCUT2D eigenvalue weighted by Gasteiger charge is -2.39. The summed E-state index contributed by atoms with van der Waals surface area (Å²) >= 11 is 0. The number of fused-ring (bicyclic) bond motifs is 1. The van der Waals surface area contributed by atoms with Crippen molar-refractivity contribution in [3.8, 4) is 0 Å². The molecular weight excluding hydrogens is 262 g/mol. The van der Waals surface area contributed by atoms with Crippen molar-refractivity contribution in [3.05, 3.63) is 24.3 Å². The van der Waals surface area contributed by atoms with E-state index in [2.05, 4.69) is 36.3 Å². The van der Waals surface area contributed by atoms with E-state index in [0.29, 0.717) is 5.92 Å². The van der Waals surface area contributed by atoms with E-state index in [1.165, 1.54) is 12.8 Å². The highest BCUT2D eigenvalue weighted by Gasteiger charge is 2.32. The molecular formula is C17H25N3O. The van der Waals surface area contributed by atoms with Gasteiger partial charge in [-0.2, -0.15) is 0 Å². The molecule has 1 fully saturated rings. The third-order valence-electron chi connectivity index (χ3n) is 4.90. The fraction of sp³-hybridized carbons (Fsp3) is 0.588. The van der Waals surface area contributed by atoms with Crippen LogP contribution in [0.3, 0.4) is 0 Å². The van der Waals surface area contributed by atoms with E-state index in [-0.39, 0.29) is 11.9 Å². The second-order valence-corrected chi connectivity index (χ2v) is 6.21. The molecule has 3 rings (SSSR count). The number of para-hydroxylation sites is 2. The topological polar surface area (TPSA) is 35.6 Å². The van der Waals surface area contributed by atoms with Crippen LogP contribution in [0.5, 0.6) is 0 Å². The Morgan fingerprint density at radius 1 is 1.29 bits per heavy atom. The second-order valence-electron chi connectivity index (χ2n) is 6.21. The van der Waals surface area contributed by atoms with E-state index in [1.54, 1.807) is 0 Å². The normalized spacial score (nSPS) is 25.6. The van der Waals surface area contributed by atoms with Gasteiger partial charge in [-0.05, 0) is 37.4 Å². The lowest BCUT2D eigenvalue weighted by atomic mass is 9.89. The van der Waals surface area contributed by atoms with E-state index in [4.69, 9.17) is 0 Å². The lowest BCUT2D eigenvalue weighted by Crippen LogP contribution is -2.53. The minimum atomic E-state index is -0.0137. The van der Waals surface area contributed by atoms with Crippen LogP contribution in [0.4, 0.5) is 11.4 Å². The van der Waals surface area contributed by atoms with Crippen molar-refractivity contribution in [3.63, 3.8) is 0 Å². The summed E-state index contributed by atoms with van der Waals surface area (Å²) < 4.78 is 0. The van der Waals surface area contributed by atoms with Crippen molar-refractivity contribution in [2.24, 2.45) is 5.92 Å². The zero-order valence-corrected chi connectivity index (χ0v) is 13.0. The summed E-state index contributed by atoms with van der Waals surface area (Å²) in [5, 5.41) is 3.42. The number of piperidine rings is 1. The predicted octanol–water partition coefficient (Wildman–Crippen LogP) is 2.25. The smallest absolute Gasteiger partial charge is 0.244 e. The van der Waals surface area contributed by atoms with Crippen LogP contribution in [0.15, 0.2) is 24.3 Å². The van der Waals surface area contributed by atoms with Crippen molar-refractivity contribution in [2.75, 3.05) is 36.5 Å². The number of likely N-dealkylation sites (N-methyl/N-ethyl adjacent to an activating group) is 1. The molecule has 0 radical (unpaired) electrons. The molecule has 0 saturated carbocycles. The van der Waals surface area contributed by atoms with Crippen molar-refractivity contribution >= 4 is 17.3 Å². The van der Waals surface area contributed by atoms with Crippen LogP contribution in [-0.2, 0) is 4.79 Å². The highest BCUT2D eigenvalue weighted by Crippen LogP contribution is 2.33. The van der Waals surface area contributed by atoms with Gasteiger partial charge in [-0.1, -0.05) is 25.5 Å². The molecule has 2 unspecified atom stereocenters. The number of rotatable bonds is 2. The maximum absolute atomic E-state index is 12.9. The highest BCUT2D eigenvalue weighted by atomic mass is 16.2. The first-order chi connectivity index (χ1) is 10.2. The van der Waals surface area contributed by atoms with Gasteiger partial charge >= 0.3 is 0 Å². The average molecular weight is 287 g/mol. The number of nitrogens with one attached hydrogen (secondary N) is 1. The molecule has 1 aromatic rings. The lowest BCUT2D eigenvalue weighted by molar-refractivity contribution is -0.121. The van der Waals surface area contributed by atoms with Crippen LogP contribution in [0, 0.1) is 5.92 Å². The van der Waals surface area contributed by atoms with Gasteiger partial charge in [0.25, 0.3) is 0 Å². The third kappa shape index (κ3) is 2.77. The van der Waals surface area contributed by atoms with Crippen molar-refractivity contribution in [1.82, 2.24) is 5.32 Å². The van der Waals surface area contributed by atoms with Crippen molar-refractivity contribution < 1.29 is 4.79 Å². The van der Waals surface area contributed by atoms with Gasteiger partial charge in [-0.25, -0.2) is 0 Å². The molecule has 4 nitrogen and oxygen atoms in total. The van der Waals surface area contributed by atoms with Crippen molar-refractivity contribution in [2.45, 2.75) is 32.2 Å². The van der Waals surface area contributed by atoms with Gasteiger partial charge < -0.3 is 15.1 Å². The Morgan fingerprint density at radius 2 is 2.05 bits per heavy atom. The van der Waals surface area contributed by atoms with Gasteiger partial charge in [0.2, 0.25) is 5.91 Å². The molecule has 1 aromatic carbocycles. The van der Waals surface area contributed by atoms with E-state index in [0.717, 1.165) is 37.4 Å². The van der Waals surface area contributed by atoms with Gasteiger partial charge in [-0.3, -0.25) is 4.79 Å². The summed E-state index contributed by atoms with van der Waals surface area (Å²) in [4.78, 5) is 17.1. The third-order valence-corrected chi connectivity index (χ3v) is 4.90. The molecule has 0 spiro atoms. The highest BCUT2D eigenvalue weighted by molar-refractivity contribution is 6.00. The maximum atomic E-state index is 12.9. The zero-order chi connectivity index (χ0) is 14.8. The van der Waals surface area contributed by atoms with Gasteiger partial charge in [0.1, 0.15) is 0 Å². The van der Waals surface area contributed by atoms with Gasteiger partial charge in [0.05, 0.1) is 17.4 Å². The standard InChI is InChI=1S/C17H25N3O/c1-3-13-8-9-18-14(12-13)17(21)20-11-10-19(2)15-6-4-5-7-16(15)20/h4-7,13-14,18H,3,8-12H2,1-2H3. The molecule has 2 heterocycles. The second kappa shape index (κ2) is 6.06. The number of hydrogen-bond acceptors (Lipinski definition) is 3. The molecule has 2 aliphatic heterocycles. The Morgan fingerprint density at radius 3 is 2.81 bits per heavy atom. The molecule has 2 atom stereocenters. The minimum absolute atomic E-state index is 0.0137. The van der Waals surface area contributed by atoms with Crippen molar-refractivity contribution in [1.29, 1.82) is 0 Å². The monoisotopic (exact) mass is 287 g/mol. The predicted molar refractivity (Wildman–Crippen MR) is 86.9 cm³/mol. The molecule has 0 aliphatic carbocycles. The molecule has 1 N–H and O–H groups in total. The molecule has 1 saturated heterocycles. The molecule has 0 aromatic heterocycles. The quantitative estimate of drug-likeness (QED) is 0.906. The first kappa shape index (κ1) is 14.4. The summed E-state index contributed by atoms with van der Waals surface area (Å²) in [6.07, 6.45) is 3.34. The largest absolute Gasteiger partial charge is 0.371 e. The fourth-order valence-electron chi connectivity index (χ4n) is 3.48. The van der Waals surface area contributed by atoms with Gasteiger partial charge in [0, 0.05) is 20.1 Å². The molecule has 1 amide bonds. The number of benzene rings is 1. The molecule has 114 valence electrons. The van der Waals surface area contributed by atoms with Crippen LogP contribution >= 0.6 is 0 Å².